The summed E-state index contributed by atoms with van der Waals surface area (Å²) in [4.78, 5) is 23.5. The second-order valence-electron chi connectivity index (χ2n) is 5.57. The number of ether oxygens (including phenoxy) is 1. The van der Waals surface area contributed by atoms with Gasteiger partial charge in [-0.1, -0.05) is 30.3 Å². The van der Waals surface area contributed by atoms with E-state index in [1.165, 1.54) is 12.8 Å². The molecule has 0 spiro atoms. The zero-order valence-corrected chi connectivity index (χ0v) is 12.2. The lowest BCUT2D eigenvalue weighted by atomic mass is 10.1. The molecule has 0 aliphatic heterocycles. The normalized spacial score (nSPS) is 17.0. The van der Waals surface area contributed by atoms with Gasteiger partial charge in [-0.05, 0) is 31.2 Å². The average molecular weight is 290 g/mol. The summed E-state index contributed by atoms with van der Waals surface area (Å²) in [6.45, 7) is 2.30. The molecule has 1 fully saturated rings. The minimum Gasteiger partial charge on any atom is -0.368 e. The van der Waals surface area contributed by atoms with E-state index in [0.717, 1.165) is 5.56 Å². The van der Waals surface area contributed by atoms with Crippen molar-refractivity contribution in [1.29, 1.82) is 0 Å². The number of rotatable bonds is 8. The van der Waals surface area contributed by atoms with Crippen LogP contribution in [0.3, 0.4) is 0 Å². The highest BCUT2D eigenvalue weighted by Gasteiger charge is 2.26. The van der Waals surface area contributed by atoms with Crippen LogP contribution in [0.15, 0.2) is 30.3 Å². The molecule has 0 saturated heterocycles. The molecule has 1 aliphatic rings. The lowest BCUT2D eigenvalue weighted by molar-refractivity contribution is -0.135. The summed E-state index contributed by atoms with van der Waals surface area (Å²) in [5.74, 6) is -0.242. The molecule has 5 heteroatoms. The molecule has 1 saturated carbocycles. The standard InChI is InChI=1S/C16H22N2O3/c1-11(21-10-13-7-8-13)16(20)18-14(15(17)19)9-12-5-3-2-4-6-12/h2-6,11,13-14H,7-10H2,1H3,(H2,17,19)(H,18,20)/t11-,14+/m0/s1. The fraction of sp³-hybridized carbons (Fsp3) is 0.500. The first kappa shape index (κ1) is 15.5. The molecule has 0 unspecified atom stereocenters. The molecule has 0 aromatic heterocycles. The summed E-state index contributed by atoms with van der Waals surface area (Å²) < 4.78 is 5.49. The van der Waals surface area contributed by atoms with Crippen LogP contribution < -0.4 is 11.1 Å². The highest BCUT2D eigenvalue weighted by Crippen LogP contribution is 2.29. The van der Waals surface area contributed by atoms with Gasteiger partial charge >= 0.3 is 0 Å². The van der Waals surface area contributed by atoms with Crippen molar-refractivity contribution in [2.24, 2.45) is 11.7 Å². The van der Waals surface area contributed by atoms with Gasteiger partial charge < -0.3 is 15.8 Å². The molecule has 114 valence electrons. The Morgan fingerprint density at radius 1 is 1.33 bits per heavy atom. The number of amides is 2. The van der Waals surface area contributed by atoms with Crippen molar-refractivity contribution >= 4 is 11.8 Å². The summed E-state index contributed by atoms with van der Waals surface area (Å²) in [5.41, 5.74) is 6.32. The van der Waals surface area contributed by atoms with Crippen LogP contribution in [0.25, 0.3) is 0 Å². The van der Waals surface area contributed by atoms with Crippen LogP contribution in [-0.2, 0) is 20.7 Å². The minimum absolute atomic E-state index is 0.296. The Hall–Kier alpha value is -1.88. The Balaban J connectivity index is 1.86. The van der Waals surface area contributed by atoms with Crippen molar-refractivity contribution in [3.8, 4) is 0 Å². The fourth-order valence-electron chi connectivity index (χ4n) is 2.00. The van der Waals surface area contributed by atoms with Gasteiger partial charge in [-0.3, -0.25) is 9.59 Å². The summed E-state index contributed by atoms with van der Waals surface area (Å²) in [6.07, 6.45) is 2.17. The number of nitrogens with one attached hydrogen (secondary N) is 1. The molecule has 3 N–H and O–H groups in total. The van der Waals surface area contributed by atoms with Crippen LogP contribution in [0, 0.1) is 5.92 Å². The molecule has 5 nitrogen and oxygen atoms in total. The summed E-state index contributed by atoms with van der Waals surface area (Å²) in [5, 5.41) is 2.67. The number of nitrogens with two attached hydrogens (primary N) is 1. The van der Waals surface area contributed by atoms with Gasteiger partial charge in [0.25, 0.3) is 0 Å². The second kappa shape index (κ2) is 7.22. The SMILES string of the molecule is C[C@H](OCC1CC1)C(=O)N[C@H](Cc1ccccc1)C(N)=O. The molecule has 1 aromatic carbocycles. The number of primary amides is 1. The molecule has 2 atom stereocenters. The molecule has 21 heavy (non-hydrogen) atoms. The summed E-state index contributed by atoms with van der Waals surface area (Å²) in [7, 11) is 0. The van der Waals surface area contributed by atoms with E-state index in [1.54, 1.807) is 6.92 Å². The Bertz CT molecular complexity index is 486. The Morgan fingerprint density at radius 2 is 2.00 bits per heavy atom. The fourth-order valence-corrected chi connectivity index (χ4v) is 2.00. The van der Waals surface area contributed by atoms with E-state index in [1.807, 2.05) is 30.3 Å². The van der Waals surface area contributed by atoms with E-state index >= 15 is 0 Å². The Labute approximate surface area is 124 Å². The molecule has 0 heterocycles. The van der Waals surface area contributed by atoms with Crippen LogP contribution in [0.5, 0.6) is 0 Å². The highest BCUT2D eigenvalue weighted by molar-refractivity contribution is 5.88. The van der Waals surface area contributed by atoms with Crippen molar-refractivity contribution in [3.63, 3.8) is 0 Å². The lowest BCUT2D eigenvalue weighted by Crippen LogP contribution is -2.49. The topological polar surface area (TPSA) is 81.4 Å². The van der Waals surface area contributed by atoms with Crippen LogP contribution in [-0.4, -0.2) is 30.6 Å². The van der Waals surface area contributed by atoms with Gasteiger partial charge in [0.15, 0.2) is 0 Å². The number of benzene rings is 1. The van der Waals surface area contributed by atoms with Crippen molar-refractivity contribution in [2.45, 2.75) is 38.3 Å². The van der Waals surface area contributed by atoms with E-state index < -0.39 is 18.1 Å². The van der Waals surface area contributed by atoms with Gasteiger partial charge in [0.05, 0.1) is 6.61 Å². The molecule has 2 amide bonds. The quantitative estimate of drug-likeness (QED) is 0.750. The minimum atomic E-state index is -0.716. The third-order valence-corrected chi connectivity index (χ3v) is 3.59. The van der Waals surface area contributed by atoms with Gasteiger partial charge in [-0.2, -0.15) is 0 Å². The van der Waals surface area contributed by atoms with Crippen molar-refractivity contribution in [3.05, 3.63) is 35.9 Å². The first-order chi connectivity index (χ1) is 10.1. The molecule has 1 aromatic rings. The monoisotopic (exact) mass is 290 g/mol. The van der Waals surface area contributed by atoms with Crippen LogP contribution >= 0.6 is 0 Å². The van der Waals surface area contributed by atoms with Gasteiger partial charge in [-0.25, -0.2) is 0 Å². The van der Waals surface area contributed by atoms with Crippen LogP contribution in [0.1, 0.15) is 25.3 Å². The number of carbonyl (C=O) groups excluding carboxylic acids is 2. The first-order valence-corrected chi connectivity index (χ1v) is 7.31. The molecular weight excluding hydrogens is 268 g/mol. The van der Waals surface area contributed by atoms with Crippen molar-refractivity contribution in [2.75, 3.05) is 6.61 Å². The Morgan fingerprint density at radius 3 is 2.57 bits per heavy atom. The number of hydrogen-bond donors (Lipinski definition) is 2. The van der Waals surface area contributed by atoms with E-state index in [4.69, 9.17) is 10.5 Å². The summed E-state index contributed by atoms with van der Waals surface area (Å²) in [6, 6.07) is 8.75. The Kier molecular flexibility index (Phi) is 5.33. The van der Waals surface area contributed by atoms with Crippen molar-refractivity contribution in [1.82, 2.24) is 5.32 Å². The lowest BCUT2D eigenvalue weighted by Gasteiger charge is -2.19. The second-order valence-corrected chi connectivity index (χ2v) is 5.57. The van der Waals surface area contributed by atoms with Gasteiger partial charge in [0.1, 0.15) is 12.1 Å². The zero-order chi connectivity index (χ0) is 15.2. The first-order valence-electron chi connectivity index (χ1n) is 7.31. The van der Waals surface area contributed by atoms with Crippen LogP contribution in [0.4, 0.5) is 0 Å². The summed E-state index contributed by atoms with van der Waals surface area (Å²) >= 11 is 0. The predicted molar refractivity (Wildman–Crippen MR) is 79.4 cm³/mol. The van der Waals surface area contributed by atoms with E-state index in [-0.39, 0.29) is 5.91 Å². The predicted octanol–water partition coefficient (Wildman–Crippen LogP) is 1.01. The smallest absolute Gasteiger partial charge is 0.249 e. The zero-order valence-electron chi connectivity index (χ0n) is 12.2. The maximum absolute atomic E-state index is 12.0. The largest absolute Gasteiger partial charge is 0.368 e. The highest BCUT2D eigenvalue weighted by atomic mass is 16.5. The molecule has 0 bridgehead atoms. The van der Waals surface area contributed by atoms with E-state index in [9.17, 15) is 9.59 Å². The van der Waals surface area contributed by atoms with Gasteiger partial charge in [0.2, 0.25) is 11.8 Å². The third-order valence-electron chi connectivity index (χ3n) is 3.59. The average Bonchev–Trinajstić information content (AvgIpc) is 3.29. The molecular formula is C16H22N2O3. The third kappa shape index (κ3) is 5.19. The van der Waals surface area contributed by atoms with Gasteiger partial charge in [-0.15, -0.1) is 0 Å². The maximum Gasteiger partial charge on any atom is 0.249 e. The molecule has 2 rings (SSSR count). The van der Waals surface area contributed by atoms with Crippen LogP contribution in [0.2, 0.25) is 0 Å². The maximum atomic E-state index is 12.0. The van der Waals surface area contributed by atoms with E-state index in [0.29, 0.717) is 18.9 Å². The number of hydrogen-bond acceptors (Lipinski definition) is 3. The molecule has 0 radical (unpaired) electrons. The molecule has 1 aliphatic carbocycles. The van der Waals surface area contributed by atoms with E-state index in [2.05, 4.69) is 5.32 Å². The van der Waals surface area contributed by atoms with Crippen molar-refractivity contribution < 1.29 is 14.3 Å². The van der Waals surface area contributed by atoms with Gasteiger partial charge in [0, 0.05) is 6.42 Å². The number of carbonyl (C=O) groups is 2.